The van der Waals surface area contributed by atoms with Crippen LogP contribution < -0.4 is 4.90 Å². The Hall–Kier alpha value is -2.48. The minimum absolute atomic E-state index is 0.101. The molecule has 0 aromatic carbocycles. The maximum Gasteiger partial charge on any atom is 0.311 e. The zero-order chi connectivity index (χ0) is 19.7. The second-order valence-corrected chi connectivity index (χ2v) is 8.42. The molecule has 0 atom stereocenters. The van der Waals surface area contributed by atoms with Crippen molar-refractivity contribution in [2.24, 2.45) is 5.41 Å². The van der Waals surface area contributed by atoms with Crippen LogP contribution in [0.4, 0.5) is 5.82 Å². The van der Waals surface area contributed by atoms with E-state index in [0.29, 0.717) is 5.92 Å². The van der Waals surface area contributed by atoms with Gasteiger partial charge >= 0.3 is 5.97 Å². The van der Waals surface area contributed by atoms with Gasteiger partial charge in [0.15, 0.2) is 5.82 Å². The van der Waals surface area contributed by atoms with Crippen LogP contribution in [0, 0.1) is 5.41 Å². The highest BCUT2D eigenvalue weighted by molar-refractivity contribution is 5.73. The van der Waals surface area contributed by atoms with Gasteiger partial charge in [-0.2, -0.15) is 0 Å². The number of hydrogen-bond acceptors (Lipinski definition) is 6. The molecule has 0 unspecified atom stereocenters. The van der Waals surface area contributed by atoms with Gasteiger partial charge in [-0.3, -0.25) is 4.79 Å². The molecule has 2 fully saturated rings. The molecule has 3 heterocycles. The molecular weight excluding hydrogens is 358 g/mol. The first-order valence-electron chi connectivity index (χ1n) is 9.91. The van der Waals surface area contributed by atoms with Gasteiger partial charge in [0.1, 0.15) is 11.6 Å². The number of anilines is 1. The van der Waals surface area contributed by atoms with Gasteiger partial charge < -0.3 is 19.7 Å². The SMILES string of the molecule is CC(C)(COC1CCN(c2ccc(-c3nnc(C4CC4)[nH]3)cn2)CC1)C(=O)O. The average Bonchev–Trinajstić information content (AvgIpc) is 3.44. The minimum atomic E-state index is -0.853. The summed E-state index contributed by atoms with van der Waals surface area (Å²) in [6.07, 6.45) is 6.06. The lowest BCUT2D eigenvalue weighted by Crippen LogP contribution is -2.39. The molecule has 0 bridgehead atoms. The Morgan fingerprint density at radius 2 is 2.00 bits per heavy atom. The molecule has 8 heteroatoms. The fraction of sp³-hybridized carbons (Fsp3) is 0.600. The Morgan fingerprint density at radius 3 is 2.61 bits per heavy atom. The topological polar surface area (TPSA) is 104 Å². The highest BCUT2D eigenvalue weighted by Crippen LogP contribution is 2.38. The molecule has 2 aromatic heterocycles. The number of carboxylic acids is 1. The van der Waals surface area contributed by atoms with Crippen molar-refractivity contribution in [3.63, 3.8) is 0 Å². The lowest BCUT2D eigenvalue weighted by molar-refractivity contribution is -0.152. The number of H-pyrrole nitrogens is 1. The summed E-state index contributed by atoms with van der Waals surface area (Å²) in [5.74, 6) is 2.42. The Morgan fingerprint density at radius 1 is 1.25 bits per heavy atom. The summed E-state index contributed by atoms with van der Waals surface area (Å²) < 4.78 is 5.85. The summed E-state index contributed by atoms with van der Waals surface area (Å²) in [5.41, 5.74) is 0.0893. The first-order valence-corrected chi connectivity index (χ1v) is 9.91. The van der Waals surface area contributed by atoms with Crippen LogP contribution in [0.15, 0.2) is 18.3 Å². The van der Waals surface area contributed by atoms with E-state index in [1.165, 1.54) is 12.8 Å². The first-order chi connectivity index (χ1) is 13.4. The van der Waals surface area contributed by atoms with Gasteiger partial charge in [-0.25, -0.2) is 4.98 Å². The van der Waals surface area contributed by atoms with Crippen LogP contribution >= 0.6 is 0 Å². The lowest BCUT2D eigenvalue weighted by Gasteiger charge is -2.34. The van der Waals surface area contributed by atoms with E-state index in [1.807, 2.05) is 18.3 Å². The highest BCUT2D eigenvalue weighted by Gasteiger charge is 2.30. The number of carboxylic acid groups (broad SMARTS) is 1. The monoisotopic (exact) mass is 385 g/mol. The van der Waals surface area contributed by atoms with E-state index < -0.39 is 11.4 Å². The number of nitrogens with zero attached hydrogens (tertiary/aromatic N) is 4. The number of ether oxygens (including phenoxy) is 1. The number of aliphatic carboxylic acids is 1. The number of nitrogens with one attached hydrogen (secondary N) is 1. The van der Waals surface area contributed by atoms with Crippen molar-refractivity contribution in [1.82, 2.24) is 20.2 Å². The third-order valence-corrected chi connectivity index (χ3v) is 5.51. The van der Waals surface area contributed by atoms with E-state index in [4.69, 9.17) is 4.74 Å². The predicted molar refractivity (Wildman–Crippen MR) is 104 cm³/mol. The third-order valence-electron chi connectivity index (χ3n) is 5.51. The molecule has 2 aliphatic rings. The van der Waals surface area contributed by atoms with E-state index in [2.05, 4.69) is 25.1 Å². The molecule has 0 radical (unpaired) electrons. The minimum Gasteiger partial charge on any atom is -0.481 e. The molecule has 4 rings (SSSR count). The van der Waals surface area contributed by atoms with E-state index in [9.17, 15) is 9.90 Å². The van der Waals surface area contributed by atoms with Crippen molar-refractivity contribution < 1.29 is 14.6 Å². The maximum absolute atomic E-state index is 11.2. The largest absolute Gasteiger partial charge is 0.481 e. The van der Waals surface area contributed by atoms with Crippen molar-refractivity contribution in [1.29, 1.82) is 0 Å². The Labute approximate surface area is 164 Å². The Bertz CT molecular complexity index is 821. The second-order valence-electron chi connectivity index (χ2n) is 8.42. The molecule has 28 heavy (non-hydrogen) atoms. The number of aromatic nitrogens is 4. The van der Waals surface area contributed by atoms with Gasteiger partial charge in [-0.15, -0.1) is 10.2 Å². The summed E-state index contributed by atoms with van der Waals surface area (Å²) >= 11 is 0. The van der Waals surface area contributed by atoms with Crippen LogP contribution in [0.3, 0.4) is 0 Å². The van der Waals surface area contributed by atoms with Crippen molar-refractivity contribution >= 4 is 11.8 Å². The van der Waals surface area contributed by atoms with Gasteiger partial charge in [0.2, 0.25) is 0 Å². The molecule has 0 spiro atoms. The first kappa shape index (κ1) is 18.9. The second kappa shape index (κ2) is 7.50. The van der Waals surface area contributed by atoms with E-state index in [0.717, 1.165) is 49.0 Å². The van der Waals surface area contributed by atoms with Crippen LogP contribution in [-0.4, -0.2) is 57.0 Å². The lowest BCUT2D eigenvalue weighted by atomic mass is 9.95. The van der Waals surface area contributed by atoms with Gasteiger partial charge in [0.25, 0.3) is 0 Å². The van der Waals surface area contributed by atoms with Crippen LogP contribution in [0.2, 0.25) is 0 Å². The number of piperidine rings is 1. The molecule has 1 saturated heterocycles. The van der Waals surface area contributed by atoms with Crippen molar-refractivity contribution in [3.8, 4) is 11.4 Å². The molecule has 0 amide bonds. The van der Waals surface area contributed by atoms with Crippen LogP contribution in [0.1, 0.15) is 51.3 Å². The molecule has 1 saturated carbocycles. The zero-order valence-electron chi connectivity index (χ0n) is 16.4. The number of carbonyl (C=O) groups is 1. The quantitative estimate of drug-likeness (QED) is 0.755. The number of aromatic amines is 1. The van der Waals surface area contributed by atoms with Gasteiger partial charge in [-0.1, -0.05) is 0 Å². The molecule has 1 aliphatic carbocycles. The van der Waals surface area contributed by atoms with Gasteiger partial charge in [-0.05, 0) is 51.7 Å². The average molecular weight is 385 g/mol. The predicted octanol–water partition coefficient (Wildman–Crippen LogP) is 2.84. The van der Waals surface area contributed by atoms with Gasteiger partial charge in [0.05, 0.1) is 18.1 Å². The zero-order valence-corrected chi connectivity index (χ0v) is 16.4. The third kappa shape index (κ3) is 4.16. The number of hydrogen-bond donors (Lipinski definition) is 2. The molecule has 150 valence electrons. The van der Waals surface area contributed by atoms with Gasteiger partial charge in [0, 0.05) is 30.8 Å². The summed E-state index contributed by atoms with van der Waals surface area (Å²) in [5, 5.41) is 17.7. The Balaban J connectivity index is 1.30. The summed E-state index contributed by atoms with van der Waals surface area (Å²) in [7, 11) is 0. The summed E-state index contributed by atoms with van der Waals surface area (Å²) in [6, 6.07) is 4.04. The summed E-state index contributed by atoms with van der Waals surface area (Å²) in [6.45, 7) is 5.31. The molecular formula is C20H27N5O3. The molecule has 2 N–H and O–H groups in total. The smallest absolute Gasteiger partial charge is 0.311 e. The molecule has 8 nitrogen and oxygen atoms in total. The number of rotatable bonds is 7. The van der Waals surface area contributed by atoms with Crippen molar-refractivity contribution in [2.75, 3.05) is 24.6 Å². The molecule has 2 aromatic rings. The highest BCUT2D eigenvalue weighted by atomic mass is 16.5. The van der Waals surface area contributed by atoms with E-state index in [-0.39, 0.29) is 12.7 Å². The van der Waals surface area contributed by atoms with E-state index >= 15 is 0 Å². The molecule has 1 aliphatic heterocycles. The standard InChI is InChI=1S/C20H27N5O3/c1-20(2,19(26)27)12-28-15-7-9-25(10-8-15)16-6-5-14(11-21-16)18-22-17(23-24-18)13-3-4-13/h5-6,11,13,15H,3-4,7-10,12H2,1-2H3,(H,26,27)(H,22,23,24). The van der Waals surface area contributed by atoms with E-state index in [1.54, 1.807) is 13.8 Å². The fourth-order valence-corrected chi connectivity index (χ4v) is 3.30. The van der Waals surface area contributed by atoms with Crippen molar-refractivity contribution in [2.45, 2.75) is 51.6 Å². The number of pyridine rings is 1. The van der Waals surface area contributed by atoms with Crippen LogP contribution in [-0.2, 0) is 9.53 Å². The summed E-state index contributed by atoms with van der Waals surface area (Å²) in [4.78, 5) is 21.3. The Kier molecular flexibility index (Phi) is 5.05. The fourth-order valence-electron chi connectivity index (χ4n) is 3.30. The maximum atomic E-state index is 11.2. The van der Waals surface area contributed by atoms with Crippen LogP contribution in [0.25, 0.3) is 11.4 Å². The van der Waals surface area contributed by atoms with Crippen LogP contribution in [0.5, 0.6) is 0 Å². The van der Waals surface area contributed by atoms with Crippen molar-refractivity contribution in [3.05, 3.63) is 24.2 Å². The normalized spacial score (nSPS) is 18.4.